The van der Waals surface area contributed by atoms with Crippen LogP contribution >= 0.6 is 0 Å². The van der Waals surface area contributed by atoms with E-state index in [0.717, 1.165) is 32.1 Å². The quantitative estimate of drug-likeness (QED) is 0.330. The lowest BCUT2D eigenvalue weighted by Crippen LogP contribution is -2.59. The average Bonchev–Trinajstić information content (AvgIpc) is 3.25. The molecule has 0 radical (unpaired) electrons. The van der Waals surface area contributed by atoms with E-state index in [4.69, 9.17) is 9.47 Å². The molecule has 2 N–H and O–H groups in total. The first kappa shape index (κ1) is 32.9. The van der Waals surface area contributed by atoms with Crippen molar-refractivity contribution in [3.05, 3.63) is 11.6 Å². The van der Waals surface area contributed by atoms with Crippen LogP contribution in [-0.2, 0) is 38.2 Å². The second-order valence-electron chi connectivity index (χ2n) is 13.7. The highest BCUT2D eigenvalue weighted by atomic mass is 16.6. The molecule has 0 unspecified atom stereocenters. The molecule has 0 bridgehead atoms. The lowest BCUT2D eigenvalue weighted by atomic mass is 9.46. The van der Waals surface area contributed by atoms with E-state index in [9.17, 15) is 33.9 Å². The number of esters is 2. The molecular formula is C33H47NO9. The van der Waals surface area contributed by atoms with E-state index in [1.54, 1.807) is 6.92 Å². The van der Waals surface area contributed by atoms with E-state index >= 15 is 0 Å². The predicted molar refractivity (Wildman–Crippen MR) is 155 cm³/mol. The Hall–Kier alpha value is -3.04. The Bertz CT molecular complexity index is 1210. The summed E-state index contributed by atoms with van der Waals surface area (Å²) in [5.74, 6) is -2.68. The first-order chi connectivity index (χ1) is 20.2. The molecule has 4 aliphatic carbocycles. The number of Topliss-reactive ketones (excluding diaryl/α,β-unsaturated/α-hetero) is 1. The topological polar surface area (TPSA) is 153 Å². The van der Waals surface area contributed by atoms with E-state index in [2.05, 4.69) is 12.2 Å². The van der Waals surface area contributed by atoms with Crippen LogP contribution in [0.15, 0.2) is 11.6 Å². The molecule has 4 aliphatic rings. The molecule has 0 aromatic heterocycles. The van der Waals surface area contributed by atoms with Gasteiger partial charge < -0.3 is 19.9 Å². The molecule has 0 aromatic rings. The molecule has 8 atom stereocenters. The van der Waals surface area contributed by atoms with Crippen molar-refractivity contribution in [3.63, 3.8) is 0 Å². The van der Waals surface area contributed by atoms with Crippen LogP contribution < -0.4 is 5.32 Å². The maximum absolute atomic E-state index is 13.9. The number of hydrogen-bond donors (Lipinski definition) is 2. The van der Waals surface area contributed by atoms with Crippen LogP contribution in [0.4, 0.5) is 0 Å². The summed E-state index contributed by atoms with van der Waals surface area (Å²) in [5.41, 5.74) is -0.799. The maximum Gasteiger partial charge on any atom is 0.326 e. The van der Waals surface area contributed by atoms with Crippen LogP contribution in [-0.4, -0.2) is 58.7 Å². The second kappa shape index (κ2) is 12.5. The van der Waals surface area contributed by atoms with Crippen LogP contribution in [0.3, 0.4) is 0 Å². The first-order valence-electron chi connectivity index (χ1n) is 15.8. The van der Waals surface area contributed by atoms with Gasteiger partial charge in [-0.3, -0.25) is 24.0 Å². The van der Waals surface area contributed by atoms with Crippen molar-refractivity contribution in [1.29, 1.82) is 0 Å². The molecule has 43 heavy (non-hydrogen) atoms. The van der Waals surface area contributed by atoms with Gasteiger partial charge in [0.25, 0.3) is 0 Å². The summed E-state index contributed by atoms with van der Waals surface area (Å²) in [4.78, 5) is 74.8. The van der Waals surface area contributed by atoms with Gasteiger partial charge >= 0.3 is 17.9 Å². The summed E-state index contributed by atoms with van der Waals surface area (Å²) < 4.78 is 11.2. The summed E-state index contributed by atoms with van der Waals surface area (Å²) in [6.45, 7) is 8.60. The van der Waals surface area contributed by atoms with E-state index in [-0.39, 0.29) is 35.9 Å². The number of hydrogen-bond acceptors (Lipinski definition) is 8. The van der Waals surface area contributed by atoms with Gasteiger partial charge in [0.2, 0.25) is 11.7 Å². The number of rotatable bonds is 11. The number of carbonyl (C=O) groups is 6. The van der Waals surface area contributed by atoms with Crippen LogP contribution in [0.1, 0.15) is 105 Å². The van der Waals surface area contributed by atoms with Gasteiger partial charge in [0, 0.05) is 25.2 Å². The second-order valence-corrected chi connectivity index (χ2v) is 13.7. The summed E-state index contributed by atoms with van der Waals surface area (Å²) in [6, 6.07) is -1.06. The fourth-order valence-electron chi connectivity index (χ4n) is 8.96. The van der Waals surface area contributed by atoms with Crippen molar-refractivity contribution >= 4 is 35.4 Å². The number of carboxylic acid groups (broad SMARTS) is 1. The van der Waals surface area contributed by atoms with Gasteiger partial charge in [0.1, 0.15) is 6.04 Å². The molecule has 10 heteroatoms. The molecule has 4 rings (SSSR count). The van der Waals surface area contributed by atoms with Crippen LogP contribution in [0.2, 0.25) is 0 Å². The molecule has 1 amide bonds. The largest absolute Gasteiger partial charge is 0.480 e. The number of fused-ring (bicyclic) bond motifs is 5. The van der Waals surface area contributed by atoms with Gasteiger partial charge in [-0.25, -0.2) is 4.79 Å². The number of nitrogens with one attached hydrogen (secondary N) is 1. The lowest BCUT2D eigenvalue weighted by molar-refractivity contribution is -0.191. The Morgan fingerprint density at radius 3 is 2.37 bits per heavy atom. The van der Waals surface area contributed by atoms with Gasteiger partial charge in [-0.1, -0.05) is 39.7 Å². The monoisotopic (exact) mass is 601 g/mol. The zero-order valence-corrected chi connectivity index (χ0v) is 26.2. The normalized spacial score (nSPS) is 34.4. The number of allylic oxidation sites excluding steroid dienone is 1. The maximum atomic E-state index is 13.9. The van der Waals surface area contributed by atoms with E-state index in [1.165, 1.54) is 12.5 Å². The zero-order chi connectivity index (χ0) is 31.7. The highest BCUT2D eigenvalue weighted by Crippen LogP contribution is 2.68. The molecule has 238 valence electrons. The van der Waals surface area contributed by atoms with Crippen molar-refractivity contribution in [2.75, 3.05) is 6.61 Å². The predicted octanol–water partition coefficient (Wildman–Crippen LogP) is 4.33. The first-order valence-corrected chi connectivity index (χ1v) is 15.8. The number of carboxylic acids is 1. The van der Waals surface area contributed by atoms with E-state index in [1.807, 2.05) is 19.9 Å². The Labute approximate surface area is 253 Å². The summed E-state index contributed by atoms with van der Waals surface area (Å²) in [7, 11) is 0. The Morgan fingerprint density at radius 1 is 1.02 bits per heavy atom. The smallest absolute Gasteiger partial charge is 0.326 e. The van der Waals surface area contributed by atoms with Gasteiger partial charge in [-0.2, -0.15) is 0 Å². The van der Waals surface area contributed by atoms with Gasteiger partial charge in [-0.05, 0) is 80.1 Å². The number of ether oxygens (including phenoxy) is 2. The van der Waals surface area contributed by atoms with Gasteiger partial charge in [0.15, 0.2) is 18.0 Å². The standard InChI is InChI=1S/C33H47NO9/c1-6-19(2)29(30(40)41)34-27(38)9-10-28(39)42-18-26(37)33(43-20(3)35)16-13-25-23-8-7-21-17-22(36)11-14-31(21,4)24(23)12-15-32(25,33)5/h17,19,23-25,29H,6-16,18H2,1-5H3,(H,34,38)(H,40,41)/t19-,23-,24+,25+,29-,31-,32-,33-/m0/s1. The molecule has 0 aliphatic heterocycles. The average molecular weight is 602 g/mol. The number of ketones is 2. The van der Waals surface area contributed by atoms with Crippen molar-refractivity contribution in [3.8, 4) is 0 Å². The molecule has 0 aromatic carbocycles. The lowest BCUT2D eigenvalue weighted by Gasteiger charge is -2.59. The van der Waals surface area contributed by atoms with E-state index < -0.39 is 53.3 Å². The van der Waals surface area contributed by atoms with Gasteiger partial charge in [0.05, 0.1) is 6.42 Å². The third kappa shape index (κ3) is 6.03. The highest BCUT2D eigenvalue weighted by Gasteiger charge is 2.68. The fraction of sp³-hybridized carbons (Fsp3) is 0.758. The minimum atomic E-state index is -1.41. The Balaban J connectivity index is 1.42. The molecular weight excluding hydrogens is 554 g/mol. The van der Waals surface area contributed by atoms with Crippen LogP contribution in [0.5, 0.6) is 0 Å². The zero-order valence-electron chi connectivity index (χ0n) is 26.2. The van der Waals surface area contributed by atoms with Crippen molar-refractivity contribution in [1.82, 2.24) is 5.32 Å². The van der Waals surface area contributed by atoms with Gasteiger partial charge in [-0.15, -0.1) is 0 Å². The summed E-state index contributed by atoms with van der Waals surface area (Å²) in [6.07, 6.45) is 7.67. The number of aliphatic carboxylic acids is 1. The summed E-state index contributed by atoms with van der Waals surface area (Å²) >= 11 is 0. The van der Waals surface area contributed by atoms with Crippen molar-refractivity contribution in [2.45, 2.75) is 117 Å². The van der Waals surface area contributed by atoms with Crippen molar-refractivity contribution in [2.24, 2.45) is 34.5 Å². The van der Waals surface area contributed by atoms with Crippen LogP contribution in [0.25, 0.3) is 0 Å². The fourth-order valence-corrected chi connectivity index (χ4v) is 8.96. The highest BCUT2D eigenvalue weighted by molar-refractivity contribution is 5.94. The molecule has 3 fully saturated rings. The minimum Gasteiger partial charge on any atom is -0.480 e. The Kier molecular flexibility index (Phi) is 9.57. The molecule has 0 spiro atoms. The SMILES string of the molecule is CC[C@H](C)[C@H](NC(=O)CCC(=O)OCC(=O)[C@@]1(OC(C)=O)CC[C@@H]2[C@H]3CCC4=CC(=O)CC[C@]4(C)[C@@H]3CC[C@@]21C)C(=O)O. The molecule has 3 saturated carbocycles. The van der Waals surface area contributed by atoms with Crippen LogP contribution in [0, 0.1) is 34.5 Å². The molecule has 10 nitrogen and oxygen atoms in total. The van der Waals surface area contributed by atoms with Crippen molar-refractivity contribution < 1.29 is 43.3 Å². The Morgan fingerprint density at radius 2 is 1.72 bits per heavy atom. The third-order valence-electron chi connectivity index (χ3n) is 11.6. The molecule has 0 saturated heterocycles. The van der Waals surface area contributed by atoms with E-state index in [0.29, 0.717) is 37.5 Å². The molecule has 0 heterocycles. The summed E-state index contributed by atoms with van der Waals surface area (Å²) in [5, 5.41) is 11.8. The minimum absolute atomic E-state index is 0.0320. The number of amides is 1. The number of carbonyl (C=O) groups excluding carboxylic acids is 5. The third-order valence-corrected chi connectivity index (χ3v) is 11.6.